The summed E-state index contributed by atoms with van der Waals surface area (Å²) in [6.45, 7) is 5.83. The number of likely N-dealkylation sites (tertiary alicyclic amines) is 1. The van der Waals surface area contributed by atoms with E-state index in [1.165, 1.54) is 0 Å². The molecule has 7 nitrogen and oxygen atoms in total. The summed E-state index contributed by atoms with van der Waals surface area (Å²) in [5.74, 6) is 0.0894. The molecule has 1 spiro atoms. The Morgan fingerprint density at radius 2 is 1.93 bits per heavy atom. The number of nitrogens with one attached hydrogen (secondary N) is 1. The fourth-order valence-electron chi connectivity index (χ4n) is 4.79. The number of hydrogen-bond donors (Lipinski definition) is 1. The topological polar surface area (TPSA) is 65.1 Å². The number of ether oxygens (including phenoxy) is 1. The van der Waals surface area contributed by atoms with Gasteiger partial charge in [-0.25, -0.2) is 4.79 Å². The second-order valence-corrected chi connectivity index (χ2v) is 8.68. The van der Waals surface area contributed by atoms with Gasteiger partial charge in [-0.15, -0.1) is 0 Å². The third-order valence-electron chi connectivity index (χ3n) is 6.63. The van der Waals surface area contributed by atoms with E-state index >= 15 is 0 Å². The molecule has 2 amide bonds. The average molecular weight is 401 g/mol. The van der Waals surface area contributed by atoms with E-state index in [9.17, 15) is 9.59 Å². The lowest BCUT2D eigenvalue weighted by Gasteiger charge is -2.44. The van der Waals surface area contributed by atoms with Gasteiger partial charge in [-0.3, -0.25) is 14.6 Å². The van der Waals surface area contributed by atoms with Gasteiger partial charge in [0.15, 0.2) is 0 Å². The molecule has 0 aromatic heterocycles. The van der Waals surface area contributed by atoms with Gasteiger partial charge in [0.05, 0.1) is 11.6 Å². The molecule has 3 heterocycles. The van der Waals surface area contributed by atoms with E-state index in [1.807, 2.05) is 23.1 Å². The van der Waals surface area contributed by atoms with E-state index in [-0.39, 0.29) is 23.6 Å². The lowest BCUT2D eigenvalue weighted by Crippen LogP contribution is -2.57. The van der Waals surface area contributed by atoms with Crippen molar-refractivity contribution in [2.75, 3.05) is 52.9 Å². The number of nitrogens with zero attached hydrogens (tertiary/aromatic N) is 3. The van der Waals surface area contributed by atoms with Crippen LogP contribution in [0.1, 0.15) is 37.3 Å². The molecule has 0 bridgehead atoms. The maximum atomic E-state index is 13.1. The molecule has 3 fully saturated rings. The summed E-state index contributed by atoms with van der Waals surface area (Å²) >= 11 is 0. The molecule has 1 N–H and O–H groups in total. The van der Waals surface area contributed by atoms with Gasteiger partial charge >= 0.3 is 6.09 Å². The van der Waals surface area contributed by atoms with E-state index in [4.69, 9.17) is 4.74 Å². The zero-order chi connectivity index (χ0) is 20.3. The zero-order valence-corrected chi connectivity index (χ0v) is 17.3. The van der Waals surface area contributed by atoms with Gasteiger partial charge in [-0.05, 0) is 31.9 Å². The van der Waals surface area contributed by atoms with Crippen LogP contribution in [-0.2, 0) is 9.53 Å². The fourth-order valence-corrected chi connectivity index (χ4v) is 4.79. The summed E-state index contributed by atoms with van der Waals surface area (Å²) in [4.78, 5) is 31.4. The Balaban J connectivity index is 1.40. The van der Waals surface area contributed by atoms with Gasteiger partial charge in [0, 0.05) is 45.7 Å². The first-order valence-electron chi connectivity index (χ1n) is 10.7. The van der Waals surface area contributed by atoms with Crippen LogP contribution in [-0.4, -0.2) is 85.2 Å². The third kappa shape index (κ3) is 4.73. The molecule has 3 saturated heterocycles. The summed E-state index contributed by atoms with van der Waals surface area (Å²) in [6.07, 6.45) is 2.79. The highest BCUT2D eigenvalue weighted by atomic mass is 16.6. The zero-order valence-electron chi connectivity index (χ0n) is 17.3. The van der Waals surface area contributed by atoms with Crippen LogP contribution < -0.4 is 5.32 Å². The SMILES string of the molecule is CN1CCN(CCOC(=O)N2CC3(CCC(=O)N3)CCC2c2ccccc2)CC1. The van der Waals surface area contributed by atoms with Crippen molar-refractivity contribution in [3.8, 4) is 0 Å². The van der Waals surface area contributed by atoms with E-state index in [1.54, 1.807) is 0 Å². The van der Waals surface area contributed by atoms with Gasteiger partial charge in [-0.2, -0.15) is 0 Å². The number of piperidine rings is 1. The molecular weight excluding hydrogens is 368 g/mol. The van der Waals surface area contributed by atoms with Crippen LogP contribution in [0.25, 0.3) is 0 Å². The highest BCUT2D eigenvalue weighted by Crippen LogP contribution is 2.39. The predicted molar refractivity (Wildman–Crippen MR) is 111 cm³/mol. The highest BCUT2D eigenvalue weighted by Gasteiger charge is 2.46. The van der Waals surface area contributed by atoms with Crippen molar-refractivity contribution in [3.05, 3.63) is 35.9 Å². The third-order valence-corrected chi connectivity index (χ3v) is 6.63. The van der Waals surface area contributed by atoms with Crippen LogP contribution in [0.15, 0.2) is 30.3 Å². The Labute approximate surface area is 173 Å². The molecule has 1 aromatic carbocycles. The highest BCUT2D eigenvalue weighted by molar-refractivity contribution is 5.80. The molecule has 158 valence electrons. The van der Waals surface area contributed by atoms with Crippen LogP contribution in [0.4, 0.5) is 4.79 Å². The molecule has 0 saturated carbocycles. The Bertz CT molecular complexity index is 720. The average Bonchev–Trinajstić information content (AvgIpc) is 3.10. The maximum absolute atomic E-state index is 13.1. The first-order chi connectivity index (χ1) is 14.0. The summed E-state index contributed by atoms with van der Waals surface area (Å²) < 4.78 is 5.71. The van der Waals surface area contributed by atoms with Gasteiger partial charge < -0.3 is 15.0 Å². The van der Waals surface area contributed by atoms with Crippen molar-refractivity contribution in [2.24, 2.45) is 0 Å². The van der Waals surface area contributed by atoms with Crippen molar-refractivity contribution in [1.29, 1.82) is 0 Å². The van der Waals surface area contributed by atoms with Crippen molar-refractivity contribution >= 4 is 12.0 Å². The van der Waals surface area contributed by atoms with Crippen molar-refractivity contribution in [3.63, 3.8) is 0 Å². The monoisotopic (exact) mass is 400 g/mol. The summed E-state index contributed by atoms with van der Waals surface area (Å²) in [5, 5.41) is 3.14. The molecule has 0 radical (unpaired) electrons. The minimum atomic E-state index is -0.293. The first kappa shape index (κ1) is 20.2. The standard InChI is InChI=1S/C22H32N4O3/c1-24-11-13-25(14-12-24)15-16-29-21(28)26-17-22(10-8-20(27)23-22)9-7-19(26)18-5-3-2-4-6-18/h2-6,19H,7-17H2,1H3,(H,23,27). The molecule has 7 heteroatoms. The van der Waals surface area contributed by atoms with Gasteiger partial charge in [-0.1, -0.05) is 30.3 Å². The normalized spacial score (nSPS) is 28.5. The summed E-state index contributed by atoms with van der Waals surface area (Å²) in [7, 11) is 2.13. The van der Waals surface area contributed by atoms with Gasteiger partial charge in [0.1, 0.15) is 6.61 Å². The Hall–Kier alpha value is -2.12. The van der Waals surface area contributed by atoms with E-state index < -0.39 is 0 Å². The fraction of sp³-hybridized carbons (Fsp3) is 0.636. The number of carbonyl (C=O) groups is 2. The molecular formula is C22H32N4O3. The smallest absolute Gasteiger partial charge is 0.410 e. The van der Waals surface area contributed by atoms with Crippen molar-refractivity contribution in [1.82, 2.24) is 20.0 Å². The van der Waals surface area contributed by atoms with Crippen molar-refractivity contribution < 1.29 is 14.3 Å². The quantitative estimate of drug-likeness (QED) is 0.836. The first-order valence-corrected chi connectivity index (χ1v) is 10.7. The van der Waals surface area contributed by atoms with Gasteiger partial charge in [0.2, 0.25) is 5.91 Å². The minimum absolute atomic E-state index is 0.00420. The number of rotatable bonds is 4. The van der Waals surface area contributed by atoms with Crippen LogP contribution >= 0.6 is 0 Å². The lowest BCUT2D eigenvalue weighted by molar-refractivity contribution is -0.120. The Morgan fingerprint density at radius 1 is 1.17 bits per heavy atom. The molecule has 1 aromatic rings. The van der Waals surface area contributed by atoms with E-state index in [2.05, 4.69) is 34.3 Å². The lowest BCUT2D eigenvalue weighted by atomic mass is 9.82. The van der Waals surface area contributed by atoms with Crippen LogP contribution in [0.2, 0.25) is 0 Å². The number of piperazine rings is 1. The number of hydrogen-bond acceptors (Lipinski definition) is 5. The molecule has 29 heavy (non-hydrogen) atoms. The molecule has 3 aliphatic rings. The van der Waals surface area contributed by atoms with E-state index in [0.717, 1.165) is 57.5 Å². The largest absolute Gasteiger partial charge is 0.448 e. The van der Waals surface area contributed by atoms with Crippen LogP contribution in [0, 0.1) is 0 Å². The second kappa shape index (κ2) is 8.71. The maximum Gasteiger partial charge on any atom is 0.410 e. The molecule has 2 unspecified atom stereocenters. The second-order valence-electron chi connectivity index (χ2n) is 8.68. The Kier molecular flexibility index (Phi) is 6.06. The predicted octanol–water partition coefficient (Wildman–Crippen LogP) is 1.86. The number of benzene rings is 1. The van der Waals surface area contributed by atoms with Gasteiger partial charge in [0.25, 0.3) is 0 Å². The Morgan fingerprint density at radius 3 is 2.62 bits per heavy atom. The number of amides is 2. The molecule has 4 rings (SSSR count). The molecule has 0 aliphatic carbocycles. The summed E-state index contributed by atoms with van der Waals surface area (Å²) in [5.41, 5.74) is 0.835. The number of likely N-dealkylation sites (N-methyl/N-ethyl adjacent to an activating group) is 1. The van der Waals surface area contributed by atoms with Crippen molar-refractivity contribution in [2.45, 2.75) is 37.3 Å². The minimum Gasteiger partial charge on any atom is -0.448 e. The summed E-state index contributed by atoms with van der Waals surface area (Å²) in [6, 6.07) is 10.1. The molecule has 2 atom stereocenters. The number of carbonyl (C=O) groups excluding carboxylic acids is 2. The molecule has 3 aliphatic heterocycles. The van der Waals surface area contributed by atoms with E-state index in [0.29, 0.717) is 19.6 Å². The van der Waals surface area contributed by atoms with Crippen LogP contribution in [0.3, 0.4) is 0 Å². The van der Waals surface area contributed by atoms with Crippen LogP contribution in [0.5, 0.6) is 0 Å².